The van der Waals surface area contributed by atoms with E-state index in [4.69, 9.17) is 10.00 Å². The molecule has 16 heavy (non-hydrogen) atoms. The van der Waals surface area contributed by atoms with Gasteiger partial charge in [-0.3, -0.25) is 0 Å². The number of benzene rings is 1. The van der Waals surface area contributed by atoms with Gasteiger partial charge < -0.3 is 0 Å². The predicted molar refractivity (Wildman–Crippen MR) is 64.0 cm³/mol. The number of hydrogen-bond acceptors (Lipinski definition) is 3. The van der Waals surface area contributed by atoms with Crippen LogP contribution in [-0.2, 0) is 4.74 Å². The van der Waals surface area contributed by atoms with Gasteiger partial charge in [-0.25, -0.2) is 0 Å². The van der Waals surface area contributed by atoms with Crippen LogP contribution in [-0.4, -0.2) is 36.1 Å². The Kier molecular flexibility index (Phi) is 3.87. The summed E-state index contributed by atoms with van der Waals surface area (Å²) in [6.45, 7) is 1.67. The molecule has 2 rings (SSSR count). The molecule has 1 aromatic carbocycles. The number of anilines is 1. The molecule has 1 aliphatic rings. The molecule has 1 heterocycles. The molecular formula is C12H13AsN2O. The van der Waals surface area contributed by atoms with Gasteiger partial charge in [0, 0.05) is 0 Å². The predicted octanol–water partition coefficient (Wildman–Crippen LogP) is 0.943. The fourth-order valence-electron chi connectivity index (χ4n) is 1.79. The van der Waals surface area contributed by atoms with Crippen molar-refractivity contribution in [1.29, 1.82) is 5.26 Å². The molecule has 82 valence electrons. The Hall–Kier alpha value is -0.972. The van der Waals surface area contributed by atoms with E-state index < -0.39 is 0 Å². The zero-order valence-corrected chi connectivity index (χ0v) is 10.8. The molecule has 0 atom stereocenters. The van der Waals surface area contributed by atoms with E-state index in [1.54, 1.807) is 0 Å². The Balaban J connectivity index is 2.06. The zero-order valence-electron chi connectivity index (χ0n) is 8.94. The fourth-order valence-corrected chi connectivity index (χ4v) is 2.37. The third kappa shape index (κ3) is 2.78. The van der Waals surface area contributed by atoms with Gasteiger partial charge in [0.2, 0.25) is 0 Å². The van der Waals surface area contributed by atoms with Crippen molar-refractivity contribution < 1.29 is 4.74 Å². The van der Waals surface area contributed by atoms with Gasteiger partial charge >= 0.3 is 104 Å². The summed E-state index contributed by atoms with van der Waals surface area (Å²) in [5, 5.41) is 12.3. The van der Waals surface area contributed by atoms with E-state index in [-0.39, 0.29) is 0 Å². The molecule has 0 saturated carbocycles. The molecular weight excluding hydrogens is 263 g/mol. The van der Waals surface area contributed by atoms with Crippen LogP contribution in [0, 0.1) is 11.3 Å². The van der Waals surface area contributed by atoms with Gasteiger partial charge in [-0.2, -0.15) is 0 Å². The van der Waals surface area contributed by atoms with E-state index in [0.29, 0.717) is 11.6 Å². The van der Waals surface area contributed by atoms with E-state index in [2.05, 4.69) is 28.2 Å². The molecule has 0 bridgehead atoms. The summed E-state index contributed by atoms with van der Waals surface area (Å²) in [6.07, 6.45) is 2.10. The second-order valence-corrected chi connectivity index (χ2v) is 4.89. The van der Waals surface area contributed by atoms with Crippen molar-refractivity contribution in [3.05, 3.63) is 23.8 Å². The number of nitriles is 1. The molecule has 1 aliphatic heterocycles. The average Bonchev–Trinajstić information content (AvgIpc) is 2.33. The molecule has 3 nitrogen and oxygen atoms in total. The minimum atomic E-state index is 0.490. The summed E-state index contributed by atoms with van der Waals surface area (Å²) in [7, 11) is 0. The van der Waals surface area contributed by atoms with Gasteiger partial charge in [0.1, 0.15) is 0 Å². The zero-order chi connectivity index (χ0) is 11.4. The van der Waals surface area contributed by atoms with Gasteiger partial charge in [0.25, 0.3) is 0 Å². The van der Waals surface area contributed by atoms with Gasteiger partial charge in [-0.1, -0.05) is 0 Å². The Morgan fingerprint density at radius 1 is 1.38 bits per heavy atom. The molecule has 1 aromatic rings. The van der Waals surface area contributed by atoms with Crippen molar-refractivity contribution in [1.82, 2.24) is 0 Å². The summed E-state index contributed by atoms with van der Waals surface area (Å²) in [5.41, 5.74) is 1.80. The first-order valence-corrected chi connectivity index (χ1v) is 6.31. The van der Waals surface area contributed by atoms with E-state index in [1.165, 1.54) is 0 Å². The molecule has 1 saturated heterocycles. The summed E-state index contributed by atoms with van der Waals surface area (Å²) in [5.74, 6) is 0. The van der Waals surface area contributed by atoms with Crippen LogP contribution in [0.3, 0.4) is 0 Å². The maximum atomic E-state index is 8.78. The van der Waals surface area contributed by atoms with E-state index in [9.17, 15) is 0 Å². The van der Waals surface area contributed by atoms with Crippen LogP contribution in [0.25, 0.3) is 0 Å². The fraction of sp³-hybridized carbons (Fsp3) is 0.417. The van der Waals surface area contributed by atoms with Crippen molar-refractivity contribution >= 4 is 26.9 Å². The van der Waals surface area contributed by atoms with E-state index in [1.807, 2.05) is 18.2 Å². The summed E-state index contributed by atoms with van der Waals surface area (Å²) in [4.78, 5) is 0. The minimum absolute atomic E-state index is 0.490. The summed E-state index contributed by atoms with van der Waals surface area (Å²) >= 11 is 2.51. The van der Waals surface area contributed by atoms with Crippen LogP contribution < -0.4 is 9.67 Å². The standard InChI is InChI=1S/C12H13AsN2O/c13-11-7-9(8-14)1-2-12(11)15-10-3-5-16-6-4-10/h1-2,7,10,15H,3-6H2. The first-order chi connectivity index (χ1) is 7.79. The Labute approximate surface area is 104 Å². The third-order valence-electron chi connectivity index (χ3n) is 2.71. The first kappa shape index (κ1) is 11.5. The van der Waals surface area contributed by atoms with Gasteiger partial charge in [-0.05, 0) is 0 Å². The second-order valence-electron chi connectivity index (χ2n) is 3.87. The van der Waals surface area contributed by atoms with Crippen LogP contribution in [0.4, 0.5) is 5.69 Å². The van der Waals surface area contributed by atoms with Crippen LogP contribution in [0.5, 0.6) is 0 Å². The molecule has 0 spiro atoms. The molecule has 0 unspecified atom stereocenters. The van der Waals surface area contributed by atoms with Crippen molar-refractivity contribution in [3.8, 4) is 6.07 Å². The van der Waals surface area contributed by atoms with Crippen LogP contribution in [0.2, 0.25) is 0 Å². The Morgan fingerprint density at radius 3 is 2.75 bits per heavy atom. The number of rotatable bonds is 2. The number of nitrogens with one attached hydrogen (secondary N) is 1. The molecule has 4 heteroatoms. The SMILES string of the molecule is N#Cc1ccc(NC2CCOCC2)c([As])c1. The van der Waals surface area contributed by atoms with E-state index in [0.717, 1.165) is 36.1 Å². The number of nitrogens with zero attached hydrogens (tertiary/aromatic N) is 1. The van der Waals surface area contributed by atoms with Gasteiger partial charge in [0.05, 0.1) is 0 Å². The van der Waals surface area contributed by atoms with E-state index >= 15 is 0 Å². The average molecular weight is 276 g/mol. The third-order valence-corrected chi connectivity index (χ3v) is 3.48. The Morgan fingerprint density at radius 2 is 2.12 bits per heavy atom. The second kappa shape index (κ2) is 5.38. The quantitative estimate of drug-likeness (QED) is 0.818. The van der Waals surface area contributed by atoms with Gasteiger partial charge in [0.15, 0.2) is 0 Å². The van der Waals surface area contributed by atoms with Crippen LogP contribution >= 0.6 is 0 Å². The van der Waals surface area contributed by atoms with Crippen molar-refractivity contribution in [2.75, 3.05) is 18.5 Å². The molecule has 1 N–H and O–H groups in total. The van der Waals surface area contributed by atoms with Crippen molar-refractivity contribution in [2.45, 2.75) is 18.9 Å². The molecule has 0 aromatic heterocycles. The molecule has 2 radical (unpaired) electrons. The Bertz CT molecular complexity index is 408. The van der Waals surface area contributed by atoms with Crippen molar-refractivity contribution in [2.24, 2.45) is 0 Å². The first-order valence-electron chi connectivity index (χ1n) is 5.37. The normalized spacial score (nSPS) is 16.8. The summed E-state index contributed by atoms with van der Waals surface area (Å²) < 4.78 is 6.38. The van der Waals surface area contributed by atoms with Gasteiger partial charge in [-0.15, -0.1) is 0 Å². The molecule has 1 fully saturated rings. The number of ether oxygens (including phenoxy) is 1. The van der Waals surface area contributed by atoms with Crippen LogP contribution in [0.15, 0.2) is 18.2 Å². The molecule has 0 amide bonds. The number of hydrogen-bond donors (Lipinski definition) is 1. The summed E-state index contributed by atoms with van der Waals surface area (Å²) in [6, 6.07) is 8.34. The van der Waals surface area contributed by atoms with Crippen molar-refractivity contribution in [3.63, 3.8) is 0 Å². The monoisotopic (exact) mass is 276 g/mol. The van der Waals surface area contributed by atoms with Crippen LogP contribution in [0.1, 0.15) is 18.4 Å². The molecule has 0 aliphatic carbocycles. The topological polar surface area (TPSA) is 45.0 Å². The maximum absolute atomic E-state index is 8.78.